The van der Waals surface area contributed by atoms with Gasteiger partial charge in [-0.2, -0.15) is 4.68 Å². The minimum Gasteiger partial charge on any atom is -0.464 e. The molecular formula is C24H24ClN7O5. The monoisotopic (exact) mass is 525 g/mol. The van der Waals surface area contributed by atoms with E-state index in [0.29, 0.717) is 16.5 Å². The van der Waals surface area contributed by atoms with Gasteiger partial charge in [0.2, 0.25) is 11.5 Å². The summed E-state index contributed by atoms with van der Waals surface area (Å²) in [7, 11) is 1.26. The van der Waals surface area contributed by atoms with Gasteiger partial charge in [-0.1, -0.05) is 23.7 Å². The molecule has 0 saturated carbocycles. The molecule has 1 aromatic heterocycles. The van der Waals surface area contributed by atoms with Gasteiger partial charge in [0.1, 0.15) is 5.75 Å². The van der Waals surface area contributed by atoms with E-state index in [0.717, 1.165) is 14.8 Å². The molecule has 0 bridgehead atoms. The molecule has 0 radical (unpaired) electrons. The van der Waals surface area contributed by atoms with E-state index < -0.39 is 17.3 Å². The molecule has 0 unspecified atom stereocenters. The number of hydrogen-bond donors (Lipinski definition) is 2. The lowest BCUT2D eigenvalue weighted by Gasteiger charge is -2.14. The summed E-state index contributed by atoms with van der Waals surface area (Å²) in [5.74, 6) is 6.19. The molecule has 2 heterocycles. The van der Waals surface area contributed by atoms with Crippen LogP contribution in [0.4, 0.5) is 5.69 Å². The number of rotatable bonds is 6. The summed E-state index contributed by atoms with van der Waals surface area (Å²) in [5, 5.41) is 3.45. The van der Waals surface area contributed by atoms with Crippen molar-refractivity contribution < 1.29 is 14.3 Å². The Kier molecular flexibility index (Phi) is 7.58. The van der Waals surface area contributed by atoms with Crippen LogP contribution in [-0.4, -0.2) is 39.3 Å². The molecule has 3 N–H and O–H groups in total. The average Bonchev–Trinajstić information content (AvgIpc) is 2.91. The quantitative estimate of drug-likeness (QED) is 0.358. The van der Waals surface area contributed by atoms with Crippen molar-refractivity contribution in [2.24, 2.45) is 9.98 Å². The zero-order valence-electron chi connectivity index (χ0n) is 20.1. The molecule has 13 heteroatoms. The first-order chi connectivity index (χ1) is 17.8. The van der Waals surface area contributed by atoms with Crippen LogP contribution in [0.2, 0.25) is 5.02 Å². The van der Waals surface area contributed by atoms with Gasteiger partial charge >= 0.3 is 17.3 Å². The molecule has 0 fully saturated rings. The van der Waals surface area contributed by atoms with Crippen LogP contribution < -0.4 is 32.9 Å². The van der Waals surface area contributed by atoms with Gasteiger partial charge in [0.05, 0.1) is 25.9 Å². The third-order valence-corrected chi connectivity index (χ3v) is 5.61. The predicted octanol–water partition coefficient (Wildman–Crippen LogP) is 0.874. The lowest BCUT2D eigenvalue weighted by atomic mass is 10.2. The highest BCUT2D eigenvalue weighted by Gasteiger charge is 2.16. The van der Waals surface area contributed by atoms with Crippen LogP contribution in [0.5, 0.6) is 5.75 Å². The Morgan fingerprint density at radius 2 is 1.81 bits per heavy atom. The minimum atomic E-state index is -0.684. The fraction of sp³-hybridized carbons (Fsp3) is 0.208. The molecule has 0 saturated heterocycles. The van der Waals surface area contributed by atoms with E-state index in [2.05, 4.69) is 20.0 Å². The summed E-state index contributed by atoms with van der Waals surface area (Å²) in [6, 6.07) is 13.5. The van der Waals surface area contributed by atoms with Crippen molar-refractivity contribution in [3.63, 3.8) is 0 Å². The maximum absolute atomic E-state index is 13.1. The summed E-state index contributed by atoms with van der Waals surface area (Å²) >= 11 is 5.98. The van der Waals surface area contributed by atoms with Crippen LogP contribution in [0.25, 0.3) is 0 Å². The first kappa shape index (κ1) is 25.5. The molecule has 4 rings (SSSR count). The summed E-state index contributed by atoms with van der Waals surface area (Å²) in [6.07, 6.45) is 1.44. The van der Waals surface area contributed by atoms with Crippen LogP contribution in [0.1, 0.15) is 12.5 Å². The molecule has 2 aromatic carbocycles. The highest BCUT2D eigenvalue weighted by molar-refractivity contribution is 6.30. The number of nitrogens with one attached hydrogen (secondary N) is 1. The molecule has 3 aromatic rings. The fourth-order valence-corrected chi connectivity index (χ4v) is 3.63. The highest BCUT2D eigenvalue weighted by atomic mass is 35.5. The smallest absolute Gasteiger partial charge is 0.358 e. The minimum absolute atomic E-state index is 0.0305. The Morgan fingerprint density at radius 1 is 1.11 bits per heavy atom. The zero-order valence-corrected chi connectivity index (χ0v) is 20.8. The molecular weight excluding hydrogens is 502 g/mol. The fourth-order valence-electron chi connectivity index (χ4n) is 3.50. The Labute approximate surface area is 215 Å². The Hall–Kier alpha value is -4.58. The number of nitrogens with zero attached hydrogens (tertiary/aromatic N) is 5. The normalized spacial score (nSPS) is 13.4. The second-order valence-corrected chi connectivity index (χ2v) is 8.24. The van der Waals surface area contributed by atoms with E-state index in [4.69, 9.17) is 22.2 Å². The van der Waals surface area contributed by atoms with Crippen molar-refractivity contribution in [2.75, 3.05) is 19.5 Å². The highest BCUT2D eigenvalue weighted by Crippen LogP contribution is 2.18. The first-order valence-corrected chi connectivity index (χ1v) is 11.6. The predicted molar refractivity (Wildman–Crippen MR) is 137 cm³/mol. The molecule has 1 aliphatic heterocycles. The zero-order chi connectivity index (χ0) is 26.5. The van der Waals surface area contributed by atoms with Crippen molar-refractivity contribution in [3.8, 4) is 5.75 Å². The number of methoxy groups -OCH3 is 1. The van der Waals surface area contributed by atoms with Gasteiger partial charge in [-0.05, 0) is 48.9 Å². The number of carbonyl (C=O) groups is 1. The molecule has 0 amide bonds. The maximum atomic E-state index is 13.1. The van der Waals surface area contributed by atoms with E-state index in [9.17, 15) is 14.4 Å². The Bertz CT molecular complexity index is 1570. The number of carbonyl (C=O) groups excluding carboxylic acids is 1. The van der Waals surface area contributed by atoms with E-state index in [1.165, 1.54) is 17.9 Å². The Balaban J connectivity index is 1.69. The van der Waals surface area contributed by atoms with Crippen LogP contribution >= 0.6 is 11.6 Å². The van der Waals surface area contributed by atoms with Crippen LogP contribution in [0.3, 0.4) is 0 Å². The molecule has 0 atom stereocenters. The van der Waals surface area contributed by atoms with E-state index >= 15 is 0 Å². The summed E-state index contributed by atoms with van der Waals surface area (Å²) in [4.78, 5) is 46.1. The summed E-state index contributed by atoms with van der Waals surface area (Å²) in [6.45, 7) is 2.23. The van der Waals surface area contributed by atoms with Crippen molar-refractivity contribution in [1.82, 2.24) is 19.1 Å². The van der Waals surface area contributed by atoms with E-state index in [1.807, 2.05) is 0 Å². The third kappa shape index (κ3) is 5.64. The Morgan fingerprint density at radius 3 is 2.46 bits per heavy atom. The second-order valence-electron chi connectivity index (χ2n) is 7.81. The lowest BCUT2D eigenvalue weighted by Crippen LogP contribution is -2.57. The van der Waals surface area contributed by atoms with Gasteiger partial charge in [0.15, 0.2) is 5.70 Å². The first-order valence-electron chi connectivity index (χ1n) is 11.2. The number of benzene rings is 2. The molecule has 12 nitrogen and oxygen atoms in total. The molecule has 0 spiro atoms. The number of nitrogen functional groups attached to an aromatic ring is 1. The number of hydrogen-bond acceptors (Lipinski definition) is 9. The topological polar surface area (TPSA) is 147 Å². The van der Waals surface area contributed by atoms with E-state index in [1.54, 1.807) is 55.5 Å². The van der Waals surface area contributed by atoms with Gasteiger partial charge in [-0.25, -0.2) is 28.9 Å². The molecule has 1 aliphatic rings. The van der Waals surface area contributed by atoms with Crippen molar-refractivity contribution in [1.29, 1.82) is 0 Å². The van der Waals surface area contributed by atoms with Gasteiger partial charge in [0.25, 0.3) is 0 Å². The van der Waals surface area contributed by atoms with Crippen LogP contribution in [0.15, 0.2) is 80.0 Å². The second kappa shape index (κ2) is 11.0. The van der Waals surface area contributed by atoms with Gasteiger partial charge < -0.3 is 20.6 Å². The number of aromatic nitrogens is 3. The number of aliphatic imine (C=N–C) groups is 1. The van der Waals surface area contributed by atoms with Gasteiger partial charge in [-0.15, -0.1) is 0 Å². The maximum Gasteiger partial charge on any atom is 0.358 e. The molecule has 192 valence electrons. The standard InChI is InChI=1S/C24H24ClN7O5/c1-3-30-23(34)31(14-15-4-6-16(25)7-5-15)22(32(26)24(30)35)28-17-8-10-18(11-9-17)37-20-13-27-12-19(29-20)21(33)36-2/h4-12,27H,3,13-14,26H2,1-2H3. The number of ether oxygens (including phenoxy) is 2. The molecule has 0 aliphatic carbocycles. The average molecular weight is 526 g/mol. The van der Waals surface area contributed by atoms with Crippen molar-refractivity contribution in [2.45, 2.75) is 20.0 Å². The van der Waals surface area contributed by atoms with Crippen LogP contribution in [0, 0.1) is 0 Å². The largest absolute Gasteiger partial charge is 0.464 e. The SMILES string of the molecule is CCn1c(=O)n(N)c(=Nc2ccc(OC3=NC(C(=O)OC)=CNC3)cc2)n(Cc2ccc(Cl)cc2)c1=O. The summed E-state index contributed by atoms with van der Waals surface area (Å²) < 4.78 is 13.6. The number of nitrogens with two attached hydrogens (primary N) is 1. The van der Waals surface area contributed by atoms with Gasteiger partial charge in [-0.3, -0.25) is 4.57 Å². The summed E-state index contributed by atoms with van der Waals surface area (Å²) in [5.41, 5.74) is 0.0230. The lowest BCUT2D eigenvalue weighted by molar-refractivity contribution is -0.136. The number of esters is 1. The molecule has 37 heavy (non-hydrogen) atoms. The van der Waals surface area contributed by atoms with Crippen molar-refractivity contribution >= 4 is 29.2 Å². The van der Waals surface area contributed by atoms with Crippen molar-refractivity contribution in [3.05, 3.63) is 97.6 Å². The van der Waals surface area contributed by atoms with Crippen LogP contribution in [-0.2, 0) is 22.6 Å². The van der Waals surface area contributed by atoms with Gasteiger partial charge in [0, 0.05) is 17.8 Å². The third-order valence-electron chi connectivity index (χ3n) is 5.36. The number of halogens is 1. The van der Waals surface area contributed by atoms with E-state index in [-0.39, 0.29) is 36.8 Å².